The summed E-state index contributed by atoms with van der Waals surface area (Å²) in [7, 11) is 1.65. The maximum absolute atomic E-state index is 12.2. The van der Waals surface area contributed by atoms with Gasteiger partial charge in [-0.1, -0.05) is 5.16 Å². The quantitative estimate of drug-likeness (QED) is 0.752. The van der Waals surface area contributed by atoms with Crippen molar-refractivity contribution in [2.24, 2.45) is 0 Å². The third-order valence-electron chi connectivity index (χ3n) is 2.76. The highest BCUT2D eigenvalue weighted by molar-refractivity contribution is 6.02. The summed E-state index contributed by atoms with van der Waals surface area (Å²) in [5.41, 5.74) is 0.966. The Morgan fingerprint density at radius 2 is 2.14 bits per heavy atom. The minimum Gasteiger partial charge on any atom is -0.385 e. The molecule has 1 amide bonds. The van der Waals surface area contributed by atoms with Gasteiger partial charge in [-0.15, -0.1) is 0 Å². The molecule has 0 saturated carbocycles. The second kappa shape index (κ2) is 7.51. The molecule has 0 aliphatic carbocycles. The molecule has 0 atom stereocenters. The molecule has 2 N–H and O–H groups in total. The van der Waals surface area contributed by atoms with Gasteiger partial charge in [-0.25, -0.2) is 9.97 Å². The van der Waals surface area contributed by atoms with Crippen LogP contribution in [-0.4, -0.2) is 41.3 Å². The Balaban J connectivity index is 2.03. The van der Waals surface area contributed by atoms with Crippen LogP contribution in [0.3, 0.4) is 0 Å². The number of aromatic nitrogens is 3. The third kappa shape index (κ3) is 4.52. The fourth-order valence-electron chi connectivity index (χ4n) is 1.79. The summed E-state index contributed by atoms with van der Waals surface area (Å²) in [4.78, 5) is 20.6. The van der Waals surface area contributed by atoms with Gasteiger partial charge in [0.25, 0.3) is 5.91 Å². The third-order valence-corrected chi connectivity index (χ3v) is 2.76. The molecule has 8 heteroatoms. The fourth-order valence-corrected chi connectivity index (χ4v) is 1.79. The van der Waals surface area contributed by atoms with Crippen molar-refractivity contribution in [3.8, 4) is 0 Å². The number of nitrogens with one attached hydrogen (secondary N) is 2. The number of amides is 1. The Hall–Kier alpha value is -2.48. The zero-order valence-corrected chi connectivity index (χ0v) is 12.8. The molecule has 2 heterocycles. The molecule has 0 radical (unpaired) electrons. The van der Waals surface area contributed by atoms with Crippen LogP contribution in [-0.2, 0) is 4.74 Å². The van der Waals surface area contributed by atoms with E-state index in [1.807, 2.05) is 0 Å². The predicted octanol–water partition coefficient (Wildman–Crippen LogP) is 1.78. The highest BCUT2D eigenvalue weighted by Gasteiger charge is 2.12. The zero-order chi connectivity index (χ0) is 15.9. The molecule has 0 spiro atoms. The van der Waals surface area contributed by atoms with Crippen LogP contribution in [0.25, 0.3) is 0 Å². The molecule has 0 saturated heterocycles. The summed E-state index contributed by atoms with van der Waals surface area (Å²) in [6.07, 6.45) is 0.827. The first-order chi connectivity index (χ1) is 10.6. The Morgan fingerprint density at radius 3 is 2.82 bits per heavy atom. The molecule has 0 fully saturated rings. The predicted molar refractivity (Wildman–Crippen MR) is 80.9 cm³/mol. The summed E-state index contributed by atoms with van der Waals surface area (Å²) in [5.74, 6) is 1.03. The average Bonchev–Trinajstić information content (AvgIpc) is 2.88. The van der Waals surface area contributed by atoms with E-state index in [4.69, 9.17) is 9.26 Å². The molecule has 0 aromatic carbocycles. The van der Waals surface area contributed by atoms with E-state index >= 15 is 0 Å². The summed E-state index contributed by atoms with van der Waals surface area (Å²) < 4.78 is 9.88. The van der Waals surface area contributed by atoms with Crippen LogP contribution in [0.5, 0.6) is 0 Å². The van der Waals surface area contributed by atoms with Gasteiger partial charge >= 0.3 is 0 Å². The number of carbonyl (C=O) groups excluding carboxylic acids is 1. The van der Waals surface area contributed by atoms with Crippen molar-refractivity contribution in [1.29, 1.82) is 0 Å². The smallest absolute Gasteiger partial charge is 0.275 e. The van der Waals surface area contributed by atoms with Crippen LogP contribution in [0.15, 0.2) is 16.7 Å². The molecule has 2 aromatic rings. The van der Waals surface area contributed by atoms with Crippen molar-refractivity contribution < 1.29 is 14.1 Å². The van der Waals surface area contributed by atoms with Gasteiger partial charge in [0.1, 0.15) is 11.5 Å². The number of carbonyl (C=O) groups is 1. The van der Waals surface area contributed by atoms with Crippen molar-refractivity contribution in [3.63, 3.8) is 0 Å². The Labute approximate surface area is 128 Å². The first-order valence-corrected chi connectivity index (χ1v) is 6.91. The van der Waals surface area contributed by atoms with E-state index in [9.17, 15) is 4.79 Å². The zero-order valence-electron chi connectivity index (χ0n) is 12.8. The SMILES string of the molecule is COCCCNc1nc(C)cc(C(=O)Nc2cc(C)on2)n1. The minimum atomic E-state index is -0.362. The number of anilines is 2. The second-order valence-corrected chi connectivity index (χ2v) is 4.77. The van der Waals surface area contributed by atoms with Crippen LogP contribution in [0.1, 0.15) is 28.4 Å². The van der Waals surface area contributed by atoms with Crippen molar-refractivity contribution in [2.45, 2.75) is 20.3 Å². The maximum atomic E-state index is 12.2. The number of rotatable bonds is 7. The van der Waals surface area contributed by atoms with Crippen LogP contribution in [0.2, 0.25) is 0 Å². The number of ether oxygens (including phenoxy) is 1. The Kier molecular flexibility index (Phi) is 5.42. The number of nitrogens with zero attached hydrogens (tertiary/aromatic N) is 3. The lowest BCUT2D eigenvalue weighted by atomic mass is 10.3. The molecule has 0 aliphatic heterocycles. The summed E-state index contributed by atoms with van der Waals surface area (Å²) in [6.45, 7) is 4.87. The minimum absolute atomic E-state index is 0.266. The van der Waals surface area contributed by atoms with E-state index in [1.165, 1.54) is 0 Å². The molecule has 118 valence electrons. The van der Waals surface area contributed by atoms with Crippen LogP contribution >= 0.6 is 0 Å². The van der Waals surface area contributed by atoms with Crippen molar-refractivity contribution in [2.75, 3.05) is 30.9 Å². The normalized spacial score (nSPS) is 10.5. The first kappa shape index (κ1) is 15.9. The lowest BCUT2D eigenvalue weighted by Gasteiger charge is -2.07. The number of methoxy groups -OCH3 is 1. The van der Waals surface area contributed by atoms with Crippen LogP contribution in [0, 0.1) is 13.8 Å². The topological polar surface area (TPSA) is 102 Å². The number of hydrogen-bond donors (Lipinski definition) is 2. The molecular weight excluding hydrogens is 286 g/mol. The van der Waals surface area contributed by atoms with Crippen molar-refractivity contribution in [3.05, 3.63) is 29.3 Å². The van der Waals surface area contributed by atoms with E-state index in [0.717, 1.165) is 6.42 Å². The van der Waals surface area contributed by atoms with Gasteiger partial charge in [-0.05, 0) is 26.3 Å². The van der Waals surface area contributed by atoms with E-state index in [2.05, 4.69) is 25.8 Å². The van der Waals surface area contributed by atoms with E-state index < -0.39 is 0 Å². The monoisotopic (exact) mass is 305 g/mol. The molecule has 8 nitrogen and oxygen atoms in total. The number of hydrogen-bond acceptors (Lipinski definition) is 7. The van der Waals surface area contributed by atoms with Gasteiger partial charge in [0.2, 0.25) is 5.95 Å². The molecule has 22 heavy (non-hydrogen) atoms. The fraction of sp³-hybridized carbons (Fsp3) is 0.429. The number of aryl methyl sites for hydroxylation is 2. The van der Waals surface area contributed by atoms with E-state index in [0.29, 0.717) is 36.4 Å². The maximum Gasteiger partial charge on any atom is 0.275 e. The summed E-state index contributed by atoms with van der Waals surface area (Å²) in [6, 6.07) is 3.25. The van der Waals surface area contributed by atoms with Crippen LogP contribution < -0.4 is 10.6 Å². The first-order valence-electron chi connectivity index (χ1n) is 6.91. The highest BCUT2D eigenvalue weighted by Crippen LogP contribution is 2.10. The Morgan fingerprint density at radius 1 is 1.32 bits per heavy atom. The van der Waals surface area contributed by atoms with E-state index in [1.54, 1.807) is 33.1 Å². The van der Waals surface area contributed by atoms with Gasteiger partial charge in [-0.3, -0.25) is 4.79 Å². The average molecular weight is 305 g/mol. The lowest BCUT2D eigenvalue weighted by Crippen LogP contribution is -2.17. The Bertz CT molecular complexity index is 641. The molecular formula is C14H19N5O3. The molecule has 0 unspecified atom stereocenters. The van der Waals surface area contributed by atoms with E-state index in [-0.39, 0.29) is 11.6 Å². The van der Waals surface area contributed by atoms with Gasteiger partial charge in [0.05, 0.1) is 0 Å². The van der Waals surface area contributed by atoms with Crippen molar-refractivity contribution in [1.82, 2.24) is 15.1 Å². The standard InChI is InChI=1S/C14H19N5O3/c1-9-7-11(13(20)18-12-8-10(2)22-19-12)17-14(16-9)15-5-4-6-21-3/h7-8H,4-6H2,1-3H3,(H,15,16,17)(H,18,19,20). The van der Waals surface area contributed by atoms with Gasteiger partial charge < -0.3 is 19.9 Å². The van der Waals surface area contributed by atoms with Crippen LogP contribution in [0.4, 0.5) is 11.8 Å². The van der Waals surface area contributed by atoms with Gasteiger partial charge in [0, 0.05) is 32.0 Å². The van der Waals surface area contributed by atoms with Crippen molar-refractivity contribution >= 4 is 17.7 Å². The largest absolute Gasteiger partial charge is 0.385 e. The molecule has 2 aromatic heterocycles. The summed E-state index contributed by atoms with van der Waals surface area (Å²) in [5, 5.41) is 9.41. The molecule has 0 bridgehead atoms. The van der Waals surface area contributed by atoms with Gasteiger partial charge in [0.15, 0.2) is 5.82 Å². The lowest BCUT2D eigenvalue weighted by molar-refractivity contribution is 0.102. The highest BCUT2D eigenvalue weighted by atomic mass is 16.5. The summed E-state index contributed by atoms with van der Waals surface area (Å²) >= 11 is 0. The second-order valence-electron chi connectivity index (χ2n) is 4.77. The molecule has 2 rings (SSSR count). The molecule has 0 aliphatic rings. The van der Waals surface area contributed by atoms with Gasteiger partial charge in [-0.2, -0.15) is 0 Å².